The van der Waals surface area contributed by atoms with Crippen molar-refractivity contribution in [3.05, 3.63) is 11.9 Å². The second-order valence-corrected chi connectivity index (χ2v) is 5.36. The van der Waals surface area contributed by atoms with Gasteiger partial charge in [-0.2, -0.15) is 0 Å². The zero-order chi connectivity index (χ0) is 12.4. The Kier molecular flexibility index (Phi) is 3.32. The first-order chi connectivity index (χ1) is 8.79. The molecule has 1 saturated heterocycles. The smallest absolute Gasteiger partial charge is 0.132 e. The van der Waals surface area contributed by atoms with Crippen molar-refractivity contribution in [2.24, 2.45) is 5.92 Å². The van der Waals surface area contributed by atoms with Gasteiger partial charge in [0.2, 0.25) is 0 Å². The fourth-order valence-electron chi connectivity index (χ4n) is 2.28. The van der Waals surface area contributed by atoms with Gasteiger partial charge in [0.05, 0.1) is 6.04 Å². The molecule has 1 aliphatic carbocycles. The summed E-state index contributed by atoms with van der Waals surface area (Å²) in [5.41, 5.74) is 0. The van der Waals surface area contributed by atoms with Gasteiger partial charge in [-0.05, 0) is 25.7 Å². The zero-order valence-corrected chi connectivity index (χ0v) is 10.9. The summed E-state index contributed by atoms with van der Waals surface area (Å²) in [5.74, 6) is 3.55. The van der Waals surface area contributed by atoms with E-state index in [9.17, 15) is 0 Å². The molecule has 18 heavy (non-hydrogen) atoms. The molecule has 2 heterocycles. The van der Waals surface area contributed by atoms with E-state index in [2.05, 4.69) is 25.9 Å². The fourth-order valence-corrected chi connectivity index (χ4v) is 2.28. The van der Waals surface area contributed by atoms with Gasteiger partial charge < -0.3 is 16.0 Å². The Balaban J connectivity index is 1.60. The molecule has 0 spiro atoms. The third kappa shape index (κ3) is 2.72. The molecule has 0 amide bonds. The summed E-state index contributed by atoms with van der Waals surface area (Å²) in [6.07, 6.45) is 4.10. The van der Waals surface area contributed by atoms with E-state index in [0.29, 0.717) is 6.04 Å². The Morgan fingerprint density at radius 2 is 2.06 bits per heavy atom. The minimum atomic E-state index is 0.513. The Labute approximate surface area is 108 Å². The lowest BCUT2D eigenvalue weighted by molar-refractivity contribution is 0.333. The normalized spacial score (nSPS) is 20.1. The lowest BCUT2D eigenvalue weighted by Gasteiger charge is -2.29. The van der Waals surface area contributed by atoms with Crippen molar-refractivity contribution in [3.8, 4) is 0 Å². The van der Waals surface area contributed by atoms with E-state index in [1.54, 1.807) is 0 Å². The van der Waals surface area contributed by atoms with Gasteiger partial charge in [-0.1, -0.05) is 6.42 Å². The van der Waals surface area contributed by atoms with Crippen LogP contribution in [0.25, 0.3) is 0 Å². The molecule has 1 saturated carbocycles. The molecule has 2 fully saturated rings. The van der Waals surface area contributed by atoms with Crippen molar-refractivity contribution in [2.75, 3.05) is 30.3 Å². The Hall–Kier alpha value is -1.36. The molecule has 3 rings (SSSR count). The first-order valence-electron chi connectivity index (χ1n) is 6.86. The maximum atomic E-state index is 4.44. The molecule has 0 atom stereocenters. The van der Waals surface area contributed by atoms with Crippen molar-refractivity contribution in [3.63, 3.8) is 0 Å². The lowest BCUT2D eigenvalue weighted by atomic mass is 9.85. The van der Waals surface area contributed by atoms with Crippen molar-refractivity contribution in [1.29, 1.82) is 0 Å². The van der Waals surface area contributed by atoms with Crippen molar-refractivity contribution in [2.45, 2.75) is 32.2 Å². The van der Waals surface area contributed by atoms with E-state index < -0.39 is 0 Å². The fraction of sp³-hybridized carbons (Fsp3) is 0.692. The van der Waals surface area contributed by atoms with Crippen LogP contribution in [0.4, 0.5) is 11.6 Å². The summed E-state index contributed by atoms with van der Waals surface area (Å²) in [4.78, 5) is 8.86. The quantitative estimate of drug-likeness (QED) is 0.734. The van der Waals surface area contributed by atoms with E-state index in [4.69, 9.17) is 0 Å². The SMILES string of the molecule is Cc1nc(NCC2CCC2)cc(NC2CNC2)n1. The largest absolute Gasteiger partial charge is 0.370 e. The van der Waals surface area contributed by atoms with Gasteiger partial charge in [0, 0.05) is 25.7 Å². The summed E-state index contributed by atoms with van der Waals surface area (Å²) >= 11 is 0. The summed E-state index contributed by atoms with van der Waals surface area (Å²) in [6, 6.07) is 2.53. The summed E-state index contributed by atoms with van der Waals surface area (Å²) < 4.78 is 0. The first-order valence-corrected chi connectivity index (χ1v) is 6.86. The molecule has 3 N–H and O–H groups in total. The highest BCUT2D eigenvalue weighted by molar-refractivity contribution is 5.48. The number of rotatable bonds is 5. The maximum Gasteiger partial charge on any atom is 0.132 e. The highest BCUT2D eigenvalue weighted by Gasteiger charge is 2.18. The third-order valence-corrected chi connectivity index (χ3v) is 3.77. The van der Waals surface area contributed by atoms with Crippen LogP contribution < -0.4 is 16.0 Å². The number of hydrogen-bond donors (Lipinski definition) is 3. The number of hydrogen-bond acceptors (Lipinski definition) is 5. The summed E-state index contributed by atoms with van der Waals surface area (Å²) in [7, 11) is 0. The predicted octanol–water partition coefficient (Wildman–Crippen LogP) is 1.38. The zero-order valence-electron chi connectivity index (χ0n) is 10.9. The molecule has 5 nitrogen and oxygen atoms in total. The number of anilines is 2. The number of nitrogens with zero attached hydrogens (tertiary/aromatic N) is 2. The Bertz CT molecular complexity index is 412. The summed E-state index contributed by atoms with van der Waals surface area (Å²) in [5, 5.41) is 10.1. The van der Waals surface area contributed by atoms with Crippen LogP contribution in [0.2, 0.25) is 0 Å². The summed E-state index contributed by atoms with van der Waals surface area (Å²) in [6.45, 7) is 5.03. The molecule has 5 heteroatoms. The van der Waals surface area contributed by atoms with Gasteiger partial charge >= 0.3 is 0 Å². The number of nitrogens with one attached hydrogen (secondary N) is 3. The van der Waals surface area contributed by atoms with Gasteiger partial charge in [0.15, 0.2) is 0 Å². The Morgan fingerprint density at radius 1 is 1.28 bits per heavy atom. The number of aryl methyl sites for hydroxylation is 1. The van der Waals surface area contributed by atoms with Crippen LogP contribution in [-0.2, 0) is 0 Å². The highest BCUT2D eigenvalue weighted by Crippen LogP contribution is 2.26. The second-order valence-electron chi connectivity index (χ2n) is 5.36. The van der Waals surface area contributed by atoms with Gasteiger partial charge in [0.1, 0.15) is 17.5 Å². The third-order valence-electron chi connectivity index (χ3n) is 3.77. The first kappa shape index (κ1) is 11.7. The van der Waals surface area contributed by atoms with Crippen LogP contribution in [-0.4, -0.2) is 35.6 Å². The minimum Gasteiger partial charge on any atom is -0.370 e. The van der Waals surface area contributed by atoms with Crippen LogP contribution in [0.3, 0.4) is 0 Å². The van der Waals surface area contributed by atoms with Crippen LogP contribution >= 0.6 is 0 Å². The van der Waals surface area contributed by atoms with Gasteiger partial charge in [-0.15, -0.1) is 0 Å². The molecule has 1 aromatic heterocycles. The number of aromatic nitrogens is 2. The van der Waals surface area contributed by atoms with Gasteiger partial charge in [-0.25, -0.2) is 9.97 Å². The van der Waals surface area contributed by atoms with Crippen LogP contribution in [0, 0.1) is 12.8 Å². The van der Waals surface area contributed by atoms with E-state index in [1.165, 1.54) is 19.3 Å². The topological polar surface area (TPSA) is 61.9 Å². The van der Waals surface area contributed by atoms with Crippen molar-refractivity contribution >= 4 is 11.6 Å². The molecule has 0 aromatic carbocycles. The van der Waals surface area contributed by atoms with Crippen LogP contribution in [0.15, 0.2) is 6.07 Å². The molecular weight excluding hydrogens is 226 g/mol. The maximum absolute atomic E-state index is 4.44. The second kappa shape index (κ2) is 5.10. The molecule has 2 aliphatic rings. The standard InChI is InChI=1S/C13H21N5/c1-9-16-12(15-6-10-3-2-4-10)5-13(17-9)18-11-7-14-8-11/h5,10-11,14H,2-4,6-8H2,1H3,(H2,15,16,17,18). The molecule has 1 aliphatic heterocycles. The molecular formula is C13H21N5. The van der Waals surface area contributed by atoms with Gasteiger partial charge in [-0.3, -0.25) is 0 Å². The van der Waals surface area contributed by atoms with Crippen molar-refractivity contribution < 1.29 is 0 Å². The van der Waals surface area contributed by atoms with E-state index in [1.807, 2.05) is 13.0 Å². The predicted molar refractivity (Wildman–Crippen MR) is 72.9 cm³/mol. The highest BCUT2D eigenvalue weighted by atomic mass is 15.1. The van der Waals surface area contributed by atoms with Gasteiger partial charge in [0.25, 0.3) is 0 Å². The van der Waals surface area contributed by atoms with E-state index in [-0.39, 0.29) is 0 Å². The lowest BCUT2D eigenvalue weighted by Crippen LogP contribution is -2.51. The molecule has 98 valence electrons. The molecule has 0 radical (unpaired) electrons. The average Bonchev–Trinajstić information content (AvgIpc) is 2.21. The monoisotopic (exact) mass is 247 g/mol. The molecule has 0 unspecified atom stereocenters. The van der Waals surface area contributed by atoms with Crippen molar-refractivity contribution in [1.82, 2.24) is 15.3 Å². The molecule has 0 bridgehead atoms. The average molecular weight is 247 g/mol. The van der Waals surface area contributed by atoms with E-state index >= 15 is 0 Å². The van der Waals surface area contributed by atoms with Crippen LogP contribution in [0.5, 0.6) is 0 Å². The molecule has 1 aromatic rings. The minimum absolute atomic E-state index is 0.513. The van der Waals surface area contributed by atoms with E-state index in [0.717, 1.165) is 43.0 Å². The Morgan fingerprint density at radius 3 is 2.67 bits per heavy atom. The van der Waals surface area contributed by atoms with Crippen LogP contribution in [0.1, 0.15) is 25.1 Å².